The van der Waals surface area contributed by atoms with Crippen molar-refractivity contribution in [2.75, 3.05) is 5.75 Å². The molecule has 0 amide bonds. The molecule has 0 saturated carbocycles. The van der Waals surface area contributed by atoms with Crippen LogP contribution in [0.4, 0.5) is 4.39 Å². The Labute approximate surface area is 117 Å². The molecule has 5 heteroatoms. The molecule has 0 heterocycles. The van der Waals surface area contributed by atoms with Crippen molar-refractivity contribution in [3.05, 3.63) is 64.9 Å². The number of hydrogen-bond donors (Lipinski definition) is 0. The van der Waals surface area contributed by atoms with E-state index in [0.717, 1.165) is 0 Å². The van der Waals surface area contributed by atoms with E-state index in [2.05, 4.69) is 0 Å². The lowest BCUT2D eigenvalue weighted by Crippen LogP contribution is -2.11. The van der Waals surface area contributed by atoms with Gasteiger partial charge in [-0.1, -0.05) is 11.6 Å². The predicted octanol–water partition coefficient (Wildman–Crippen LogP) is 3.47. The molecule has 0 aromatic heterocycles. The smallest absolute Gasteiger partial charge is 0.175 e. The summed E-state index contributed by atoms with van der Waals surface area (Å²) in [5.41, 5.74) is 0.351. The molecule has 0 aliphatic heterocycles. The highest BCUT2D eigenvalue weighted by atomic mass is 35.5. The number of ketones is 1. The molecule has 0 saturated heterocycles. The maximum atomic E-state index is 12.7. The van der Waals surface area contributed by atoms with Crippen LogP contribution >= 0.6 is 11.6 Å². The van der Waals surface area contributed by atoms with Gasteiger partial charge in [-0.15, -0.1) is 0 Å². The van der Waals surface area contributed by atoms with E-state index in [1.165, 1.54) is 24.3 Å². The third-order valence-electron chi connectivity index (χ3n) is 2.50. The fourth-order valence-corrected chi connectivity index (χ4v) is 2.64. The second kappa shape index (κ2) is 6.08. The first-order valence-corrected chi connectivity index (χ1v) is 7.18. The van der Waals surface area contributed by atoms with E-state index in [4.69, 9.17) is 11.6 Å². The van der Waals surface area contributed by atoms with Crippen molar-refractivity contribution in [1.29, 1.82) is 0 Å². The largest absolute Gasteiger partial charge is 0.293 e. The lowest BCUT2D eigenvalue weighted by atomic mass is 10.1. The zero-order valence-electron chi connectivity index (χ0n) is 9.81. The first-order valence-electron chi connectivity index (χ1n) is 5.49. The molecular weight excluding hydrogens is 287 g/mol. The van der Waals surface area contributed by atoms with Crippen LogP contribution in [0.25, 0.3) is 0 Å². The molecule has 0 fully saturated rings. The van der Waals surface area contributed by atoms with Gasteiger partial charge in [-0.05, 0) is 48.5 Å². The normalized spacial score (nSPS) is 12.1. The molecule has 2 aromatic carbocycles. The molecule has 0 bridgehead atoms. The molecule has 1 unspecified atom stereocenters. The third-order valence-corrected chi connectivity index (χ3v) is 4.08. The Balaban J connectivity index is 2.08. The van der Waals surface area contributed by atoms with Gasteiger partial charge in [0, 0.05) is 15.5 Å². The van der Waals surface area contributed by atoms with Crippen LogP contribution in [0.1, 0.15) is 10.4 Å². The number of hydrogen-bond acceptors (Lipinski definition) is 2. The molecule has 2 aromatic rings. The van der Waals surface area contributed by atoms with E-state index < -0.39 is 16.6 Å². The minimum Gasteiger partial charge on any atom is -0.293 e. The summed E-state index contributed by atoms with van der Waals surface area (Å²) in [4.78, 5) is 12.4. The van der Waals surface area contributed by atoms with Crippen molar-refractivity contribution in [1.82, 2.24) is 0 Å². The maximum absolute atomic E-state index is 12.7. The van der Waals surface area contributed by atoms with Gasteiger partial charge in [0.25, 0.3) is 0 Å². The molecule has 1 atom stereocenters. The molecule has 0 N–H and O–H groups in total. The summed E-state index contributed by atoms with van der Waals surface area (Å²) in [6, 6.07) is 11.7. The van der Waals surface area contributed by atoms with Crippen LogP contribution in [-0.4, -0.2) is 15.7 Å². The molecule has 0 radical (unpaired) electrons. The number of benzene rings is 2. The summed E-state index contributed by atoms with van der Waals surface area (Å²) in [5, 5.41) is 0.547. The first-order chi connectivity index (χ1) is 9.06. The Morgan fingerprint density at radius 1 is 1.05 bits per heavy atom. The van der Waals surface area contributed by atoms with E-state index >= 15 is 0 Å². The highest BCUT2D eigenvalue weighted by Gasteiger charge is 2.12. The second-order valence-corrected chi connectivity index (χ2v) is 5.76. The van der Waals surface area contributed by atoms with Crippen molar-refractivity contribution in [2.24, 2.45) is 0 Å². The van der Waals surface area contributed by atoms with Crippen molar-refractivity contribution in [3.8, 4) is 0 Å². The van der Waals surface area contributed by atoms with Gasteiger partial charge in [-0.3, -0.25) is 9.00 Å². The summed E-state index contributed by atoms with van der Waals surface area (Å²) in [5.74, 6) is -0.823. The highest BCUT2D eigenvalue weighted by molar-refractivity contribution is 7.85. The Morgan fingerprint density at radius 2 is 1.63 bits per heavy atom. The Hall–Kier alpha value is -1.52. The van der Waals surface area contributed by atoms with Crippen molar-refractivity contribution < 1.29 is 13.4 Å². The SMILES string of the molecule is O=C(CS(=O)c1ccc(Cl)cc1)c1ccc(F)cc1. The summed E-state index contributed by atoms with van der Waals surface area (Å²) >= 11 is 5.73. The zero-order valence-corrected chi connectivity index (χ0v) is 11.4. The monoisotopic (exact) mass is 296 g/mol. The highest BCUT2D eigenvalue weighted by Crippen LogP contribution is 2.14. The average Bonchev–Trinajstić information content (AvgIpc) is 2.40. The molecule has 0 spiro atoms. The van der Waals surface area contributed by atoms with Crippen LogP contribution in [0.5, 0.6) is 0 Å². The topological polar surface area (TPSA) is 34.1 Å². The Morgan fingerprint density at radius 3 is 2.21 bits per heavy atom. The molecule has 2 nitrogen and oxygen atoms in total. The molecule has 0 aliphatic rings. The van der Waals surface area contributed by atoms with Crippen LogP contribution < -0.4 is 0 Å². The van der Waals surface area contributed by atoms with Crippen LogP contribution in [0.2, 0.25) is 5.02 Å². The number of carbonyl (C=O) groups is 1. The minimum atomic E-state index is -1.43. The van der Waals surface area contributed by atoms with Crippen LogP contribution in [0.15, 0.2) is 53.4 Å². The van der Waals surface area contributed by atoms with Crippen molar-refractivity contribution in [3.63, 3.8) is 0 Å². The van der Waals surface area contributed by atoms with Gasteiger partial charge in [0.1, 0.15) is 5.82 Å². The van der Waals surface area contributed by atoms with E-state index in [-0.39, 0.29) is 11.5 Å². The van der Waals surface area contributed by atoms with Gasteiger partial charge in [-0.25, -0.2) is 4.39 Å². The predicted molar refractivity (Wildman–Crippen MR) is 73.5 cm³/mol. The van der Waals surface area contributed by atoms with Crippen LogP contribution in [0.3, 0.4) is 0 Å². The maximum Gasteiger partial charge on any atom is 0.175 e. The third kappa shape index (κ3) is 3.72. The van der Waals surface area contributed by atoms with Gasteiger partial charge >= 0.3 is 0 Å². The first kappa shape index (κ1) is 13.9. The van der Waals surface area contributed by atoms with Crippen molar-refractivity contribution in [2.45, 2.75) is 4.90 Å². The van der Waals surface area contributed by atoms with Gasteiger partial charge < -0.3 is 0 Å². The minimum absolute atomic E-state index is 0.132. The summed E-state index contributed by atoms with van der Waals surface area (Å²) < 4.78 is 24.7. The summed E-state index contributed by atoms with van der Waals surface area (Å²) in [7, 11) is -1.43. The quantitative estimate of drug-likeness (QED) is 0.810. The summed E-state index contributed by atoms with van der Waals surface area (Å²) in [6.45, 7) is 0. The van der Waals surface area contributed by atoms with Crippen LogP contribution in [-0.2, 0) is 10.8 Å². The lowest BCUT2D eigenvalue weighted by Gasteiger charge is -2.02. The fraction of sp³-hybridized carbons (Fsp3) is 0.0714. The molecule has 19 heavy (non-hydrogen) atoms. The van der Waals surface area contributed by atoms with E-state index in [1.807, 2.05) is 0 Å². The number of halogens is 2. The van der Waals surface area contributed by atoms with E-state index in [0.29, 0.717) is 15.5 Å². The number of rotatable bonds is 4. The van der Waals surface area contributed by atoms with Gasteiger partial charge in [0.05, 0.1) is 16.6 Å². The zero-order chi connectivity index (χ0) is 13.8. The van der Waals surface area contributed by atoms with Gasteiger partial charge in [0.2, 0.25) is 0 Å². The molecule has 98 valence electrons. The van der Waals surface area contributed by atoms with Gasteiger partial charge in [0.15, 0.2) is 5.78 Å². The fourth-order valence-electron chi connectivity index (χ4n) is 1.51. The van der Waals surface area contributed by atoms with E-state index in [9.17, 15) is 13.4 Å². The Bertz CT molecular complexity index is 553. The summed E-state index contributed by atoms with van der Waals surface area (Å²) in [6.07, 6.45) is 0. The average molecular weight is 297 g/mol. The van der Waals surface area contributed by atoms with Crippen LogP contribution in [0, 0.1) is 5.82 Å². The number of carbonyl (C=O) groups excluding carboxylic acids is 1. The second-order valence-electron chi connectivity index (χ2n) is 3.87. The lowest BCUT2D eigenvalue weighted by molar-refractivity contribution is 0.102. The molecular formula is C14H10ClFO2S. The molecule has 2 rings (SSSR count). The Kier molecular flexibility index (Phi) is 4.45. The standard InChI is InChI=1S/C14H10ClFO2S/c15-11-3-7-13(8-4-11)19(18)9-14(17)10-1-5-12(16)6-2-10/h1-8H,9H2. The van der Waals surface area contributed by atoms with Crippen molar-refractivity contribution >= 4 is 28.2 Å². The van der Waals surface area contributed by atoms with E-state index in [1.54, 1.807) is 24.3 Å². The number of Topliss-reactive ketones (excluding diaryl/α,β-unsaturated/α-hetero) is 1. The van der Waals surface area contributed by atoms with Gasteiger partial charge in [-0.2, -0.15) is 0 Å². The molecule has 0 aliphatic carbocycles.